The lowest BCUT2D eigenvalue weighted by Crippen LogP contribution is -2.18. The van der Waals surface area contributed by atoms with Gasteiger partial charge >= 0.3 is 6.36 Å². The number of ether oxygens (including phenoxy) is 1. The van der Waals surface area contributed by atoms with Gasteiger partial charge in [-0.3, -0.25) is 10.1 Å². The molecule has 10 heteroatoms. The van der Waals surface area contributed by atoms with E-state index in [4.69, 9.17) is 0 Å². The minimum atomic E-state index is -4.86. The van der Waals surface area contributed by atoms with E-state index in [0.717, 1.165) is 6.20 Å². The number of H-pyrrole nitrogens is 1. The van der Waals surface area contributed by atoms with Crippen molar-refractivity contribution in [3.63, 3.8) is 0 Å². The Morgan fingerprint density at radius 1 is 1.50 bits per heavy atom. The van der Waals surface area contributed by atoms with Crippen LogP contribution in [0.2, 0.25) is 0 Å². The molecule has 96 valence electrons. The molecule has 6 nitrogen and oxygen atoms in total. The molecule has 2 rings (SSSR count). The Morgan fingerprint density at radius 2 is 2.17 bits per heavy atom. The van der Waals surface area contributed by atoms with Crippen molar-refractivity contribution in [1.29, 1.82) is 0 Å². The monoisotopic (exact) mass is 373 g/mol. The molecular weight excluding hydrogens is 370 g/mol. The molecule has 2 aromatic rings. The average Bonchev–Trinajstić information content (AvgIpc) is 2.59. The van der Waals surface area contributed by atoms with Crippen molar-refractivity contribution >= 4 is 39.3 Å². The zero-order chi connectivity index (χ0) is 13.5. The van der Waals surface area contributed by atoms with Gasteiger partial charge in [0.2, 0.25) is 5.88 Å². The third-order valence-corrected chi connectivity index (χ3v) is 2.75. The number of aromatic nitrogens is 2. The molecule has 0 aliphatic heterocycles. The zero-order valence-corrected chi connectivity index (χ0v) is 10.4. The number of rotatable bonds is 2. The van der Waals surface area contributed by atoms with Crippen LogP contribution in [0.15, 0.2) is 12.3 Å². The smallest absolute Gasteiger partial charge is 0.387 e. The fourth-order valence-electron chi connectivity index (χ4n) is 1.32. The van der Waals surface area contributed by atoms with Crippen LogP contribution in [0.3, 0.4) is 0 Å². The first-order valence-electron chi connectivity index (χ1n) is 4.35. The lowest BCUT2D eigenvalue weighted by atomic mass is 10.3. The highest BCUT2D eigenvalue weighted by Gasteiger charge is 2.33. The summed E-state index contributed by atoms with van der Waals surface area (Å²) in [4.78, 5) is 16.0. The molecule has 2 aromatic heterocycles. The van der Waals surface area contributed by atoms with E-state index in [-0.39, 0.29) is 20.3 Å². The highest BCUT2D eigenvalue weighted by atomic mass is 127. The van der Waals surface area contributed by atoms with Gasteiger partial charge in [0.05, 0.1) is 20.1 Å². The molecule has 0 amide bonds. The summed E-state index contributed by atoms with van der Waals surface area (Å²) in [7, 11) is 0. The number of hydrogen-bond acceptors (Lipinski definition) is 4. The number of alkyl halides is 3. The minimum absolute atomic E-state index is 0.0279. The summed E-state index contributed by atoms with van der Waals surface area (Å²) in [5.74, 6) is -0.646. The van der Waals surface area contributed by atoms with E-state index in [1.165, 1.54) is 6.07 Å². The van der Waals surface area contributed by atoms with E-state index >= 15 is 0 Å². The maximum atomic E-state index is 12.1. The molecule has 1 N–H and O–H groups in total. The maximum Gasteiger partial charge on any atom is 0.574 e. The molecule has 0 saturated heterocycles. The maximum absolute atomic E-state index is 12.1. The number of nitrogens with zero attached hydrogens (tertiary/aromatic N) is 2. The van der Waals surface area contributed by atoms with Crippen LogP contribution in [0.1, 0.15) is 0 Å². The van der Waals surface area contributed by atoms with Crippen molar-refractivity contribution in [2.45, 2.75) is 6.36 Å². The van der Waals surface area contributed by atoms with Gasteiger partial charge in [0.15, 0.2) is 0 Å². The van der Waals surface area contributed by atoms with Gasteiger partial charge in [0, 0.05) is 0 Å². The predicted molar refractivity (Wildman–Crippen MR) is 62.1 cm³/mol. The van der Waals surface area contributed by atoms with Gasteiger partial charge in [-0.1, -0.05) is 0 Å². The first kappa shape index (κ1) is 12.9. The molecule has 0 saturated carbocycles. The molecule has 0 bridgehead atoms. The standard InChI is InChI=1S/C8H3F3IN3O3/c9-8(10,11)18-7-4(12)1-3-5(15(16)17)2-13-6(3)14-7/h1-2H,(H,13,14). The summed E-state index contributed by atoms with van der Waals surface area (Å²) in [6.45, 7) is 0. The lowest BCUT2D eigenvalue weighted by Gasteiger charge is -2.08. The van der Waals surface area contributed by atoms with E-state index in [1.807, 2.05) is 0 Å². The van der Waals surface area contributed by atoms with Gasteiger partial charge in [-0.05, 0) is 28.7 Å². The van der Waals surface area contributed by atoms with E-state index in [1.54, 1.807) is 22.6 Å². The Bertz CT molecular complexity index is 625. The van der Waals surface area contributed by atoms with Gasteiger partial charge in [0.1, 0.15) is 5.65 Å². The molecule has 18 heavy (non-hydrogen) atoms. The SMILES string of the molecule is O=[N+]([O-])c1c[nH]c2nc(OC(F)(F)F)c(I)cc12. The Labute approximate surface area is 110 Å². The Balaban J connectivity index is 2.54. The van der Waals surface area contributed by atoms with Crippen molar-refractivity contribution in [2.75, 3.05) is 0 Å². The van der Waals surface area contributed by atoms with Gasteiger partial charge in [-0.2, -0.15) is 4.98 Å². The number of hydrogen-bond donors (Lipinski definition) is 1. The molecule has 0 unspecified atom stereocenters. The number of halogens is 4. The highest BCUT2D eigenvalue weighted by Crippen LogP contribution is 2.32. The first-order valence-corrected chi connectivity index (χ1v) is 5.43. The number of nitrogens with one attached hydrogen (secondary N) is 1. The van der Waals surface area contributed by atoms with Crippen molar-refractivity contribution in [2.24, 2.45) is 0 Å². The summed E-state index contributed by atoms with van der Waals surface area (Å²) < 4.78 is 39.9. The summed E-state index contributed by atoms with van der Waals surface area (Å²) in [5.41, 5.74) is -0.296. The van der Waals surface area contributed by atoms with Gasteiger partial charge in [-0.25, -0.2) is 0 Å². The van der Waals surface area contributed by atoms with Crippen LogP contribution in [-0.4, -0.2) is 21.3 Å². The normalized spacial score (nSPS) is 11.8. The Kier molecular flexibility index (Phi) is 3.04. The molecule has 0 aliphatic rings. The van der Waals surface area contributed by atoms with Crippen LogP contribution in [0.25, 0.3) is 11.0 Å². The first-order chi connectivity index (χ1) is 8.28. The minimum Gasteiger partial charge on any atom is -0.387 e. The van der Waals surface area contributed by atoms with Crippen LogP contribution >= 0.6 is 22.6 Å². The summed E-state index contributed by atoms with van der Waals surface area (Å²) in [6.07, 6.45) is -3.80. The van der Waals surface area contributed by atoms with E-state index in [2.05, 4.69) is 14.7 Å². The summed E-state index contributed by atoms with van der Waals surface area (Å²) in [6, 6.07) is 1.21. The van der Waals surface area contributed by atoms with E-state index in [0.29, 0.717) is 0 Å². The number of fused-ring (bicyclic) bond motifs is 1. The number of pyridine rings is 1. The second-order valence-electron chi connectivity index (χ2n) is 3.15. The molecule has 0 fully saturated rings. The van der Waals surface area contributed by atoms with Gasteiger partial charge in [-0.15, -0.1) is 13.2 Å². The van der Waals surface area contributed by atoms with E-state index < -0.39 is 17.2 Å². The van der Waals surface area contributed by atoms with Crippen LogP contribution in [0.4, 0.5) is 18.9 Å². The Morgan fingerprint density at radius 3 is 2.72 bits per heavy atom. The fourth-order valence-corrected chi connectivity index (χ4v) is 1.87. The molecule has 0 aromatic carbocycles. The third-order valence-electron chi connectivity index (χ3n) is 1.97. The van der Waals surface area contributed by atoms with Crippen molar-refractivity contribution in [1.82, 2.24) is 9.97 Å². The molecule has 2 heterocycles. The van der Waals surface area contributed by atoms with Gasteiger partial charge in [0.25, 0.3) is 5.69 Å². The lowest BCUT2D eigenvalue weighted by molar-refractivity contribution is -0.383. The second-order valence-corrected chi connectivity index (χ2v) is 4.31. The van der Waals surface area contributed by atoms with Crippen LogP contribution in [0.5, 0.6) is 5.88 Å². The fraction of sp³-hybridized carbons (Fsp3) is 0.125. The molecule has 0 aliphatic carbocycles. The molecule has 0 radical (unpaired) electrons. The van der Waals surface area contributed by atoms with Crippen LogP contribution in [-0.2, 0) is 0 Å². The van der Waals surface area contributed by atoms with Gasteiger partial charge < -0.3 is 9.72 Å². The summed E-state index contributed by atoms with van der Waals surface area (Å²) in [5, 5.41) is 10.8. The second kappa shape index (κ2) is 4.26. The zero-order valence-electron chi connectivity index (χ0n) is 8.29. The third kappa shape index (κ3) is 2.47. The predicted octanol–water partition coefficient (Wildman–Crippen LogP) is 2.97. The van der Waals surface area contributed by atoms with Crippen LogP contribution in [0, 0.1) is 13.7 Å². The average molecular weight is 373 g/mol. The van der Waals surface area contributed by atoms with Crippen molar-refractivity contribution in [3.8, 4) is 5.88 Å². The summed E-state index contributed by atoms with van der Waals surface area (Å²) >= 11 is 1.56. The quantitative estimate of drug-likeness (QED) is 0.499. The number of aromatic amines is 1. The number of nitro groups is 1. The molecule has 0 atom stereocenters. The van der Waals surface area contributed by atoms with Crippen molar-refractivity contribution < 1.29 is 22.8 Å². The molecular formula is C8H3F3IN3O3. The Hall–Kier alpha value is -1.59. The van der Waals surface area contributed by atoms with Crippen LogP contribution < -0.4 is 4.74 Å². The van der Waals surface area contributed by atoms with E-state index in [9.17, 15) is 23.3 Å². The highest BCUT2D eigenvalue weighted by molar-refractivity contribution is 14.1. The van der Waals surface area contributed by atoms with Crippen molar-refractivity contribution in [3.05, 3.63) is 25.9 Å². The largest absolute Gasteiger partial charge is 0.574 e. The molecule has 0 spiro atoms. The topological polar surface area (TPSA) is 81.0 Å².